The number of nitrogens with zero attached hydrogens (tertiary/aromatic N) is 3. The van der Waals surface area contributed by atoms with Gasteiger partial charge >= 0.3 is 0 Å². The monoisotopic (exact) mass is 274 g/mol. The molecule has 4 heteroatoms. The third-order valence-electron chi connectivity index (χ3n) is 5.28. The molecule has 1 aliphatic carbocycles. The first-order valence-corrected chi connectivity index (χ1v) is 8.02. The van der Waals surface area contributed by atoms with Gasteiger partial charge in [-0.2, -0.15) is 5.10 Å². The quantitative estimate of drug-likeness (QED) is 0.920. The molecule has 1 aliphatic heterocycles. The molecule has 1 aromatic rings. The zero-order valence-corrected chi connectivity index (χ0v) is 12.7. The van der Waals surface area contributed by atoms with Crippen molar-refractivity contribution >= 4 is 5.82 Å². The summed E-state index contributed by atoms with van der Waals surface area (Å²) in [6.07, 6.45) is 8.16. The number of hydrogen-bond donors (Lipinski definition) is 1. The standard InChI is InChI=1S/C16H26N4/c1-11-12(2)18-19-16(14(11)10-17)20-9-5-8-15(20)13-6-3-4-7-13/h13,15H,3-10,17H2,1-2H3. The third-order valence-corrected chi connectivity index (χ3v) is 5.28. The molecule has 0 radical (unpaired) electrons. The summed E-state index contributed by atoms with van der Waals surface area (Å²) in [5, 5.41) is 8.86. The average Bonchev–Trinajstić information content (AvgIpc) is 3.10. The second-order valence-electron chi connectivity index (χ2n) is 6.36. The summed E-state index contributed by atoms with van der Waals surface area (Å²) in [6.45, 7) is 5.82. The van der Waals surface area contributed by atoms with Crippen molar-refractivity contribution in [3.8, 4) is 0 Å². The summed E-state index contributed by atoms with van der Waals surface area (Å²) < 4.78 is 0. The smallest absolute Gasteiger partial charge is 0.156 e. The zero-order valence-electron chi connectivity index (χ0n) is 12.7. The minimum Gasteiger partial charge on any atom is -0.352 e. The summed E-state index contributed by atoms with van der Waals surface area (Å²) in [7, 11) is 0. The van der Waals surface area contributed by atoms with Crippen molar-refractivity contribution in [1.29, 1.82) is 0 Å². The van der Waals surface area contributed by atoms with Crippen molar-refractivity contribution in [3.05, 3.63) is 16.8 Å². The van der Waals surface area contributed by atoms with Gasteiger partial charge in [-0.1, -0.05) is 12.8 Å². The Morgan fingerprint density at radius 2 is 1.85 bits per heavy atom. The van der Waals surface area contributed by atoms with Gasteiger partial charge in [0.15, 0.2) is 5.82 Å². The molecule has 2 fully saturated rings. The molecule has 4 nitrogen and oxygen atoms in total. The van der Waals surface area contributed by atoms with E-state index in [-0.39, 0.29) is 0 Å². The van der Waals surface area contributed by atoms with Gasteiger partial charge in [-0.05, 0) is 51.0 Å². The van der Waals surface area contributed by atoms with Crippen molar-refractivity contribution in [2.75, 3.05) is 11.4 Å². The van der Waals surface area contributed by atoms with Crippen LogP contribution in [0.5, 0.6) is 0 Å². The third kappa shape index (κ3) is 2.30. The van der Waals surface area contributed by atoms with Crippen molar-refractivity contribution in [2.24, 2.45) is 11.7 Å². The van der Waals surface area contributed by atoms with Crippen LogP contribution in [0.2, 0.25) is 0 Å². The second-order valence-corrected chi connectivity index (χ2v) is 6.36. The van der Waals surface area contributed by atoms with Crippen LogP contribution in [-0.2, 0) is 6.54 Å². The normalized spacial score (nSPS) is 23.8. The molecule has 0 bridgehead atoms. The van der Waals surface area contributed by atoms with Gasteiger partial charge in [-0.25, -0.2) is 0 Å². The van der Waals surface area contributed by atoms with Crippen LogP contribution in [0.15, 0.2) is 0 Å². The predicted octanol–water partition coefficient (Wildman–Crippen LogP) is 2.71. The molecule has 0 spiro atoms. The lowest BCUT2D eigenvalue weighted by Crippen LogP contribution is -2.36. The highest BCUT2D eigenvalue weighted by atomic mass is 15.3. The van der Waals surface area contributed by atoms with E-state index in [1.54, 1.807) is 0 Å². The van der Waals surface area contributed by atoms with Crippen LogP contribution in [0.4, 0.5) is 5.82 Å². The van der Waals surface area contributed by atoms with Gasteiger partial charge in [0.2, 0.25) is 0 Å². The van der Waals surface area contributed by atoms with Crippen LogP contribution in [0.1, 0.15) is 55.3 Å². The lowest BCUT2D eigenvalue weighted by molar-refractivity contribution is 0.428. The van der Waals surface area contributed by atoms with Gasteiger partial charge in [0.25, 0.3) is 0 Å². The number of aryl methyl sites for hydroxylation is 1. The molecule has 1 saturated heterocycles. The Labute approximate surface area is 121 Å². The highest BCUT2D eigenvalue weighted by Gasteiger charge is 2.35. The number of rotatable bonds is 3. The first-order valence-electron chi connectivity index (χ1n) is 8.02. The van der Waals surface area contributed by atoms with Gasteiger partial charge < -0.3 is 10.6 Å². The minimum atomic E-state index is 0.561. The van der Waals surface area contributed by atoms with E-state index in [4.69, 9.17) is 5.73 Å². The maximum atomic E-state index is 5.99. The van der Waals surface area contributed by atoms with Gasteiger partial charge in [-0.3, -0.25) is 0 Å². The maximum absolute atomic E-state index is 5.99. The number of hydrogen-bond acceptors (Lipinski definition) is 4. The second kappa shape index (κ2) is 5.68. The molecule has 0 amide bonds. The molecule has 1 aromatic heterocycles. The van der Waals surface area contributed by atoms with Gasteiger partial charge in [0, 0.05) is 24.7 Å². The molecule has 0 aromatic carbocycles. The Kier molecular flexibility index (Phi) is 3.92. The highest BCUT2D eigenvalue weighted by molar-refractivity contribution is 5.52. The van der Waals surface area contributed by atoms with Crippen molar-refractivity contribution in [2.45, 2.75) is 65.0 Å². The summed E-state index contributed by atoms with van der Waals surface area (Å²) in [5.74, 6) is 1.91. The topological polar surface area (TPSA) is 55.0 Å². The van der Waals surface area contributed by atoms with Crippen LogP contribution >= 0.6 is 0 Å². The summed E-state index contributed by atoms with van der Waals surface area (Å²) in [5.41, 5.74) is 9.41. The molecule has 1 atom stereocenters. The maximum Gasteiger partial charge on any atom is 0.156 e. The fraction of sp³-hybridized carbons (Fsp3) is 0.750. The van der Waals surface area contributed by atoms with E-state index in [0.29, 0.717) is 12.6 Å². The number of nitrogens with two attached hydrogens (primary N) is 1. The summed E-state index contributed by atoms with van der Waals surface area (Å²) >= 11 is 0. The summed E-state index contributed by atoms with van der Waals surface area (Å²) in [4.78, 5) is 2.51. The molecular weight excluding hydrogens is 248 g/mol. The van der Waals surface area contributed by atoms with E-state index >= 15 is 0 Å². The Hall–Kier alpha value is -1.16. The first-order chi connectivity index (χ1) is 9.72. The van der Waals surface area contributed by atoms with Crippen LogP contribution < -0.4 is 10.6 Å². The van der Waals surface area contributed by atoms with Gasteiger partial charge in [0.05, 0.1) is 5.69 Å². The molecule has 2 N–H and O–H groups in total. The lowest BCUT2D eigenvalue weighted by atomic mass is 9.95. The fourth-order valence-corrected chi connectivity index (χ4v) is 4.01. The van der Waals surface area contributed by atoms with E-state index in [2.05, 4.69) is 22.0 Å². The first kappa shape index (κ1) is 13.8. The van der Waals surface area contributed by atoms with E-state index in [0.717, 1.165) is 24.0 Å². The van der Waals surface area contributed by atoms with E-state index < -0.39 is 0 Å². The lowest BCUT2D eigenvalue weighted by Gasteiger charge is -2.31. The van der Waals surface area contributed by atoms with Crippen LogP contribution in [-0.4, -0.2) is 22.8 Å². The molecule has 2 aliphatic rings. The fourth-order valence-electron chi connectivity index (χ4n) is 4.01. The molecule has 1 saturated carbocycles. The Morgan fingerprint density at radius 1 is 1.10 bits per heavy atom. The molecule has 110 valence electrons. The molecule has 3 rings (SSSR count). The van der Waals surface area contributed by atoms with E-state index in [1.807, 2.05) is 6.92 Å². The van der Waals surface area contributed by atoms with Crippen molar-refractivity contribution in [1.82, 2.24) is 10.2 Å². The average molecular weight is 274 g/mol. The Morgan fingerprint density at radius 3 is 2.55 bits per heavy atom. The Bertz CT molecular complexity index is 480. The molecular formula is C16H26N4. The molecule has 2 heterocycles. The highest BCUT2D eigenvalue weighted by Crippen LogP contribution is 2.38. The predicted molar refractivity (Wildman–Crippen MR) is 81.7 cm³/mol. The van der Waals surface area contributed by atoms with Gasteiger partial charge in [-0.15, -0.1) is 5.10 Å². The molecule has 1 unspecified atom stereocenters. The largest absolute Gasteiger partial charge is 0.352 e. The van der Waals surface area contributed by atoms with Crippen molar-refractivity contribution < 1.29 is 0 Å². The number of aromatic nitrogens is 2. The van der Waals surface area contributed by atoms with Gasteiger partial charge in [0.1, 0.15) is 0 Å². The Balaban J connectivity index is 1.93. The van der Waals surface area contributed by atoms with Crippen LogP contribution in [0, 0.1) is 19.8 Å². The molecule has 20 heavy (non-hydrogen) atoms. The van der Waals surface area contributed by atoms with E-state index in [1.165, 1.54) is 49.7 Å². The SMILES string of the molecule is Cc1nnc(N2CCCC2C2CCCC2)c(CN)c1C. The van der Waals surface area contributed by atoms with Crippen molar-refractivity contribution in [3.63, 3.8) is 0 Å². The zero-order chi connectivity index (χ0) is 14.1. The van der Waals surface area contributed by atoms with Crippen LogP contribution in [0.25, 0.3) is 0 Å². The number of anilines is 1. The van der Waals surface area contributed by atoms with Crippen LogP contribution in [0.3, 0.4) is 0 Å². The van der Waals surface area contributed by atoms with E-state index in [9.17, 15) is 0 Å². The minimum absolute atomic E-state index is 0.561. The summed E-state index contributed by atoms with van der Waals surface area (Å²) in [6, 6.07) is 0.666.